The summed E-state index contributed by atoms with van der Waals surface area (Å²) in [6.07, 6.45) is 1.50. The van der Waals surface area contributed by atoms with Crippen molar-refractivity contribution in [3.05, 3.63) is 30.0 Å². The summed E-state index contributed by atoms with van der Waals surface area (Å²) in [5, 5.41) is 3.92. The second kappa shape index (κ2) is 5.18. The molecule has 1 saturated heterocycles. The highest BCUT2D eigenvalue weighted by molar-refractivity contribution is 7.92. The minimum absolute atomic E-state index is 0.290. The second-order valence-electron chi connectivity index (χ2n) is 5.60. The zero-order chi connectivity index (χ0) is 15.0. The average molecular weight is 305 g/mol. The number of hydrogen-bond donors (Lipinski definition) is 2. The van der Waals surface area contributed by atoms with Crippen molar-refractivity contribution in [3.8, 4) is 0 Å². The highest BCUT2D eigenvalue weighted by Crippen LogP contribution is 2.27. The van der Waals surface area contributed by atoms with Gasteiger partial charge in [0, 0.05) is 29.0 Å². The Labute approximate surface area is 124 Å². The van der Waals surface area contributed by atoms with Crippen LogP contribution in [0, 0.1) is 6.92 Å². The van der Waals surface area contributed by atoms with Crippen LogP contribution in [-0.2, 0) is 9.84 Å². The van der Waals surface area contributed by atoms with Gasteiger partial charge in [0.15, 0.2) is 9.84 Å². The first-order valence-corrected chi connectivity index (χ1v) is 8.79. The van der Waals surface area contributed by atoms with E-state index in [1.54, 1.807) is 0 Å². The zero-order valence-electron chi connectivity index (χ0n) is 12.0. The highest BCUT2D eigenvalue weighted by atomic mass is 32.2. The number of hydrogen-bond acceptors (Lipinski definition) is 5. The maximum absolute atomic E-state index is 11.9. The third kappa shape index (κ3) is 2.81. The van der Waals surface area contributed by atoms with Crippen LogP contribution >= 0.6 is 0 Å². The predicted octanol–water partition coefficient (Wildman–Crippen LogP) is 2.11. The van der Waals surface area contributed by atoms with Crippen LogP contribution in [0.3, 0.4) is 0 Å². The van der Waals surface area contributed by atoms with E-state index in [1.807, 2.05) is 31.2 Å². The van der Waals surface area contributed by atoms with Crippen molar-refractivity contribution in [1.82, 2.24) is 4.98 Å². The summed E-state index contributed by atoms with van der Waals surface area (Å²) in [7, 11) is -2.93. The molecule has 1 unspecified atom stereocenters. The number of aromatic nitrogens is 1. The Kier molecular flexibility index (Phi) is 3.49. The Morgan fingerprint density at radius 3 is 2.90 bits per heavy atom. The molecular weight excluding hydrogens is 286 g/mol. The number of rotatable bonds is 3. The first-order valence-electron chi connectivity index (χ1n) is 7.08. The van der Waals surface area contributed by atoms with Gasteiger partial charge in [0.2, 0.25) is 0 Å². The highest BCUT2D eigenvalue weighted by Gasteiger charge is 2.30. The molecule has 0 saturated carbocycles. The van der Waals surface area contributed by atoms with Gasteiger partial charge in [-0.3, -0.25) is 4.98 Å². The summed E-state index contributed by atoms with van der Waals surface area (Å²) in [5.74, 6) is 0.308. The van der Waals surface area contributed by atoms with Crippen LogP contribution in [0.2, 0.25) is 0 Å². The van der Waals surface area contributed by atoms with Gasteiger partial charge in [-0.1, -0.05) is 0 Å². The lowest BCUT2D eigenvalue weighted by molar-refractivity contribution is 0.591. The number of sulfone groups is 1. The maximum atomic E-state index is 11.9. The standard InChI is InChI=1S/C15H19N3O2S/c1-10-7-15(13-8-11(16)4-5-14(13)18-10)17-9-12-3-2-6-21(12,19)20/h4-5,7-8,12H,2-3,6,9,16H2,1H3,(H,17,18). The van der Waals surface area contributed by atoms with E-state index in [4.69, 9.17) is 5.73 Å². The van der Waals surface area contributed by atoms with E-state index in [0.29, 0.717) is 18.0 Å². The molecule has 1 atom stereocenters. The largest absolute Gasteiger partial charge is 0.399 e. The van der Waals surface area contributed by atoms with Gasteiger partial charge < -0.3 is 11.1 Å². The first kappa shape index (κ1) is 14.1. The van der Waals surface area contributed by atoms with E-state index >= 15 is 0 Å². The van der Waals surface area contributed by atoms with Crippen molar-refractivity contribution in [1.29, 1.82) is 0 Å². The number of aryl methyl sites for hydroxylation is 1. The normalized spacial score (nSPS) is 20.7. The van der Waals surface area contributed by atoms with Crippen LogP contribution in [0.15, 0.2) is 24.3 Å². The number of pyridine rings is 1. The van der Waals surface area contributed by atoms with Gasteiger partial charge in [-0.05, 0) is 44.0 Å². The van der Waals surface area contributed by atoms with Crippen molar-refractivity contribution in [3.63, 3.8) is 0 Å². The Bertz CT molecular complexity index is 787. The topological polar surface area (TPSA) is 85.1 Å². The van der Waals surface area contributed by atoms with Gasteiger partial charge in [0.1, 0.15) is 0 Å². The number of benzene rings is 1. The molecule has 3 N–H and O–H groups in total. The summed E-state index contributed by atoms with van der Waals surface area (Å²) in [4.78, 5) is 4.47. The van der Waals surface area contributed by atoms with Crippen LogP contribution in [0.1, 0.15) is 18.5 Å². The molecule has 112 valence electrons. The summed E-state index contributed by atoms with van der Waals surface area (Å²) in [5.41, 5.74) is 9.16. The van der Waals surface area contributed by atoms with Crippen molar-refractivity contribution >= 4 is 32.1 Å². The molecule has 6 heteroatoms. The molecule has 0 radical (unpaired) electrons. The van der Waals surface area contributed by atoms with Crippen molar-refractivity contribution < 1.29 is 8.42 Å². The molecular formula is C15H19N3O2S. The van der Waals surface area contributed by atoms with Crippen LogP contribution < -0.4 is 11.1 Å². The number of nitrogens with zero attached hydrogens (tertiary/aromatic N) is 1. The third-order valence-electron chi connectivity index (χ3n) is 3.94. The molecule has 1 aliphatic heterocycles. The molecule has 21 heavy (non-hydrogen) atoms. The molecule has 1 aromatic carbocycles. The van der Waals surface area contributed by atoms with Crippen LogP contribution in [0.4, 0.5) is 11.4 Å². The molecule has 0 aliphatic carbocycles. The van der Waals surface area contributed by atoms with E-state index < -0.39 is 9.84 Å². The molecule has 5 nitrogen and oxygen atoms in total. The lowest BCUT2D eigenvalue weighted by Crippen LogP contribution is -2.25. The summed E-state index contributed by atoms with van der Waals surface area (Å²) in [6, 6.07) is 7.51. The SMILES string of the molecule is Cc1cc(NCC2CCCS2(=O)=O)c2cc(N)ccc2n1. The summed E-state index contributed by atoms with van der Waals surface area (Å²) >= 11 is 0. The smallest absolute Gasteiger partial charge is 0.154 e. The fourth-order valence-corrected chi connectivity index (χ4v) is 4.60. The number of nitrogens with two attached hydrogens (primary N) is 1. The van der Waals surface area contributed by atoms with Crippen LogP contribution in [-0.4, -0.2) is 30.9 Å². The number of nitrogen functional groups attached to an aromatic ring is 1. The Morgan fingerprint density at radius 2 is 2.19 bits per heavy atom. The van der Waals surface area contributed by atoms with E-state index in [1.165, 1.54) is 0 Å². The first-order chi connectivity index (χ1) is 9.95. The fourth-order valence-electron chi connectivity index (χ4n) is 2.83. The molecule has 0 bridgehead atoms. The molecule has 3 rings (SSSR count). The minimum Gasteiger partial charge on any atom is -0.399 e. The monoisotopic (exact) mass is 305 g/mol. The van der Waals surface area contributed by atoms with Crippen LogP contribution in [0.5, 0.6) is 0 Å². The molecule has 0 spiro atoms. The van der Waals surface area contributed by atoms with E-state index in [2.05, 4.69) is 10.3 Å². The lowest BCUT2D eigenvalue weighted by atomic mass is 10.1. The molecule has 2 aromatic rings. The van der Waals surface area contributed by atoms with Gasteiger partial charge in [-0.15, -0.1) is 0 Å². The van der Waals surface area contributed by atoms with E-state index in [-0.39, 0.29) is 5.25 Å². The van der Waals surface area contributed by atoms with Gasteiger partial charge in [-0.2, -0.15) is 0 Å². The predicted molar refractivity (Wildman–Crippen MR) is 86.2 cm³/mol. The molecule has 1 aliphatic rings. The van der Waals surface area contributed by atoms with Crippen molar-refractivity contribution in [2.75, 3.05) is 23.3 Å². The lowest BCUT2D eigenvalue weighted by Gasteiger charge is -2.14. The molecule has 0 amide bonds. The Morgan fingerprint density at radius 1 is 1.38 bits per heavy atom. The second-order valence-corrected chi connectivity index (χ2v) is 8.00. The maximum Gasteiger partial charge on any atom is 0.154 e. The summed E-state index contributed by atoms with van der Waals surface area (Å²) < 4.78 is 23.8. The quantitative estimate of drug-likeness (QED) is 0.848. The minimum atomic E-state index is -2.93. The van der Waals surface area contributed by atoms with Gasteiger partial charge in [0.05, 0.1) is 16.5 Å². The van der Waals surface area contributed by atoms with Crippen molar-refractivity contribution in [2.24, 2.45) is 0 Å². The Balaban J connectivity index is 1.91. The van der Waals surface area contributed by atoms with Gasteiger partial charge in [-0.25, -0.2) is 8.42 Å². The third-order valence-corrected chi connectivity index (χ3v) is 6.22. The fraction of sp³-hybridized carbons (Fsp3) is 0.400. The number of fused-ring (bicyclic) bond motifs is 1. The summed E-state index contributed by atoms with van der Waals surface area (Å²) in [6.45, 7) is 2.36. The van der Waals surface area contributed by atoms with E-state index in [9.17, 15) is 8.42 Å². The van der Waals surface area contributed by atoms with Crippen molar-refractivity contribution in [2.45, 2.75) is 25.0 Å². The Hall–Kier alpha value is -1.82. The average Bonchev–Trinajstić information content (AvgIpc) is 2.75. The molecule has 2 heterocycles. The molecule has 1 fully saturated rings. The van der Waals surface area contributed by atoms with Crippen LogP contribution in [0.25, 0.3) is 10.9 Å². The zero-order valence-corrected chi connectivity index (χ0v) is 12.8. The number of anilines is 2. The van der Waals surface area contributed by atoms with Gasteiger partial charge in [0.25, 0.3) is 0 Å². The number of nitrogens with one attached hydrogen (secondary N) is 1. The molecule has 1 aromatic heterocycles. The van der Waals surface area contributed by atoms with E-state index in [0.717, 1.165) is 35.1 Å². The van der Waals surface area contributed by atoms with Gasteiger partial charge >= 0.3 is 0 Å².